The monoisotopic (exact) mass is 395 g/mol. The van der Waals surface area contributed by atoms with Gasteiger partial charge >= 0.3 is 0 Å². The third-order valence-corrected chi connectivity index (χ3v) is 4.65. The van der Waals surface area contributed by atoms with Crippen LogP contribution in [0, 0.1) is 5.82 Å². The van der Waals surface area contributed by atoms with Gasteiger partial charge in [-0.3, -0.25) is 0 Å². The van der Waals surface area contributed by atoms with E-state index in [1.54, 1.807) is 19.9 Å². The molecule has 1 aromatic carbocycles. The molecule has 1 aliphatic heterocycles. The second kappa shape index (κ2) is 8.22. The molecule has 1 saturated heterocycles. The lowest BCUT2D eigenvalue weighted by molar-refractivity contribution is 0.217. The van der Waals surface area contributed by atoms with E-state index in [-0.39, 0.29) is 37.2 Å². The zero-order valence-electron chi connectivity index (χ0n) is 15.8. The molecule has 4 N–H and O–H groups in total. The predicted molar refractivity (Wildman–Crippen MR) is 102 cm³/mol. The molecule has 0 radical (unpaired) electrons. The highest BCUT2D eigenvalue weighted by Gasteiger charge is 2.34. The number of nitrogen functional groups attached to an aromatic ring is 1. The second-order valence-corrected chi connectivity index (χ2v) is 7.10. The maximum atomic E-state index is 14.2. The fourth-order valence-electron chi connectivity index (χ4n) is 3.27. The second-order valence-electron chi connectivity index (χ2n) is 7.10. The van der Waals surface area contributed by atoms with Crippen molar-refractivity contribution in [2.45, 2.75) is 38.2 Å². The van der Waals surface area contributed by atoms with E-state index in [0.717, 1.165) is 0 Å². The quantitative estimate of drug-likeness (QED) is 0.731. The molecule has 28 heavy (non-hydrogen) atoms. The molecule has 1 aliphatic rings. The number of ether oxygens (including phenoxy) is 1. The number of anilines is 2. The molecule has 2 heterocycles. The normalized spacial score (nSPS) is 20.6. The molecular weight excluding hydrogens is 371 g/mol. The Hall–Kier alpha value is -2.55. The van der Waals surface area contributed by atoms with Crippen LogP contribution in [0.15, 0.2) is 24.5 Å². The van der Waals surface area contributed by atoms with E-state index in [1.165, 1.54) is 23.4 Å². The third-order valence-electron chi connectivity index (χ3n) is 4.65. The summed E-state index contributed by atoms with van der Waals surface area (Å²) in [5.74, 6) is -0.534. The van der Waals surface area contributed by atoms with Crippen LogP contribution in [0.4, 0.5) is 24.7 Å². The van der Waals surface area contributed by atoms with Gasteiger partial charge in [-0.2, -0.15) is 0 Å². The summed E-state index contributed by atoms with van der Waals surface area (Å²) in [6.07, 6.45) is -2.00. The highest BCUT2D eigenvalue weighted by atomic mass is 19.2. The van der Waals surface area contributed by atoms with Crippen molar-refractivity contribution in [1.29, 1.82) is 0 Å². The van der Waals surface area contributed by atoms with Crippen molar-refractivity contribution < 1.29 is 17.9 Å². The largest absolute Gasteiger partial charge is 0.488 e. The number of nitrogens with zero attached hydrogens (tertiary/aromatic N) is 3. The summed E-state index contributed by atoms with van der Waals surface area (Å²) in [6, 6.07) is 4.35. The van der Waals surface area contributed by atoms with E-state index < -0.39 is 24.1 Å². The van der Waals surface area contributed by atoms with Crippen LogP contribution >= 0.6 is 0 Å². The first-order valence-electron chi connectivity index (χ1n) is 9.10. The molecule has 1 unspecified atom stereocenters. The molecule has 0 saturated carbocycles. The summed E-state index contributed by atoms with van der Waals surface area (Å²) in [5.41, 5.74) is 13.3. The predicted octanol–water partition coefficient (Wildman–Crippen LogP) is 2.57. The first-order chi connectivity index (χ1) is 13.3. The Morgan fingerprint density at radius 3 is 2.46 bits per heavy atom. The van der Waals surface area contributed by atoms with Crippen LogP contribution < -0.4 is 21.1 Å². The van der Waals surface area contributed by atoms with E-state index in [9.17, 15) is 13.2 Å². The Morgan fingerprint density at radius 2 is 1.86 bits per heavy atom. The molecular formula is C19H24F3N5O. The summed E-state index contributed by atoms with van der Waals surface area (Å²) < 4.78 is 46.7. The number of nitrogens with two attached hydrogens (primary N) is 2. The first-order valence-corrected chi connectivity index (χ1v) is 9.10. The maximum absolute atomic E-state index is 14.2. The fourth-order valence-corrected chi connectivity index (χ4v) is 3.27. The Balaban J connectivity index is 1.95. The first kappa shape index (κ1) is 20.2. The molecule has 0 amide bonds. The number of benzene rings is 1. The minimum absolute atomic E-state index is 0.0734. The van der Waals surface area contributed by atoms with Crippen molar-refractivity contribution >= 4 is 11.5 Å². The van der Waals surface area contributed by atoms with Crippen LogP contribution in [0.25, 0.3) is 0 Å². The summed E-state index contributed by atoms with van der Waals surface area (Å²) in [6.45, 7) is 3.58. The van der Waals surface area contributed by atoms with Gasteiger partial charge in [0, 0.05) is 30.3 Å². The van der Waals surface area contributed by atoms with Gasteiger partial charge in [0.1, 0.15) is 12.1 Å². The van der Waals surface area contributed by atoms with E-state index in [2.05, 4.69) is 9.97 Å². The summed E-state index contributed by atoms with van der Waals surface area (Å²) in [4.78, 5) is 9.90. The van der Waals surface area contributed by atoms with Crippen molar-refractivity contribution in [3.05, 3.63) is 41.6 Å². The Morgan fingerprint density at radius 1 is 1.18 bits per heavy atom. The van der Waals surface area contributed by atoms with Crippen LogP contribution in [-0.2, 0) is 0 Å². The molecule has 3 atom stereocenters. The van der Waals surface area contributed by atoms with Crippen LogP contribution in [0.3, 0.4) is 0 Å². The molecule has 1 aromatic heterocycles. The van der Waals surface area contributed by atoms with Gasteiger partial charge in [0.25, 0.3) is 0 Å². The maximum Gasteiger partial charge on any atom is 0.167 e. The molecule has 2 aromatic rings. The minimum Gasteiger partial charge on any atom is -0.488 e. The van der Waals surface area contributed by atoms with Gasteiger partial charge in [0.15, 0.2) is 23.9 Å². The molecule has 0 spiro atoms. The summed E-state index contributed by atoms with van der Waals surface area (Å²) in [5, 5.41) is 0. The highest BCUT2D eigenvalue weighted by Crippen LogP contribution is 2.34. The van der Waals surface area contributed by atoms with Crippen molar-refractivity contribution in [1.82, 2.24) is 9.97 Å². The lowest BCUT2D eigenvalue weighted by Crippen LogP contribution is -2.23. The van der Waals surface area contributed by atoms with Crippen LogP contribution in [0.1, 0.15) is 31.0 Å². The smallest absolute Gasteiger partial charge is 0.167 e. The molecule has 6 nitrogen and oxygen atoms in total. The molecule has 0 bridgehead atoms. The van der Waals surface area contributed by atoms with Crippen LogP contribution in [-0.4, -0.2) is 48.0 Å². The van der Waals surface area contributed by atoms with E-state index >= 15 is 0 Å². The Bertz CT molecular complexity index is 825. The molecule has 1 fully saturated rings. The molecule has 152 valence electrons. The fraction of sp³-hybridized carbons (Fsp3) is 0.474. The number of aromatic nitrogens is 2. The number of hydrogen-bond donors (Lipinski definition) is 2. The number of rotatable bonds is 6. The van der Waals surface area contributed by atoms with Gasteiger partial charge in [0.2, 0.25) is 0 Å². The van der Waals surface area contributed by atoms with Crippen molar-refractivity contribution in [3.8, 4) is 5.75 Å². The molecule has 9 heteroatoms. The Labute approximate surface area is 161 Å². The average molecular weight is 395 g/mol. The lowest BCUT2D eigenvalue weighted by Gasteiger charge is -2.21. The van der Waals surface area contributed by atoms with Crippen molar-refractivity contribution in [2.75, 3.05) is 30.3 Å². The van der Waals surface area contributed by atoms with Gasteiger partial charge < -0.3 is 21.1 Å². The SMILES string of the molecule is CC(C)Oc1cc(C(CN)c2cc(N3C[C@H](F)[C@@H](F)C3)ncn2)c(N)cc1F. The Kier molecular flexibility index (Phi) is 5.93. The van der Waals surface area contributed by atoms with E-state index in [4.69, 9.17) is 16.2 Å². The lowest BCUT2D eigenvalue weighted by atomic mass is 9.93. The van der Waals surface area contributed by atoms with Gasteiger partial charge in [-0.25, -0.2) is 23.1 Å². The van der Waals surface area contributed by atoms with Crippen molar-refractivity contribution in [2.24, 2.45) is 5.73 Å². The van der Waals surface area contributed by atoms with Crippen LogP contribution in [0.2, 0.25) is 0 Å². The minimum atomic E-state index is -1.55. The van der Waals surface area contributed by atoms with Crippen molar-refractivity contribution in [3.63, 3.8) is 0 Å². The number of halogens is 3. The zero-order chi connectivity index (χ0) is 20.4. The van der Waals surface area contributed by atoms with Gasteiger partial charge in [-0.05, 0) is 25.5 Å². The summed E-state index contributed by atoms with van der Waals surface area (Å²) in [7, 11) is 0. The van der Waals surface area contributed by atoms with Gasteiger partial charge in [0.05, 0.1) is 24.9 Å². The number of hydrogen-bond acceptors (Lipinski definition) is 6. The van der Waals surface area contributed by atoms with Gasteiger partial charge in [-0.15, -0.1) is 0 Å². The van der Waals surface area contributed by atoms with Crippen LogP contribution in [0.5, 0.6) is 5.75 Å². The molecule has 3 rings (SSSR count). The van der Waals surface area contributed by atoms with E-state index in [1.807, 2.05) is 0 Å². The highest BCUT2D eigenvalue weighted by molar-refractivity contribution is 5.56. The topological polar surface area (TPSA) is 90.3 Å². The average Bonchev–Trinajstić information content (AvgIpc) is 2.98. The zero-order valence-corrected chi connectivity index (χ0v) is 15.8. The van der Waals surface area contributed by atoms with E-state index in [0.29, 0.717) is 17.1 Å². The molecule has 0 aliphatic carbocycles. The standard InChI is InChI=1S/C19H24F3N5O/c1-10(2)28-18-3-11(16(24)4-13(18)20)12(6-23)17-5-19(26-9-25-17)27-7-14(21)15(22)8-27/h3-5,9-10,12,14-15H,6-8,23-24H2,1-2H3/t12?,14-,15-/m0/s1. The number of alkyl halides is 2. The summed E-state index contributed by atoms with van der Waals surface area (Å²) >= 11 is 0. The van der Waals surface area contributed by atoms with Gasteiger partial charge in [-0.1, -0.05) is 0 Å². The third kappa shape index (κ3) is 4.14.